The summed E-state index contributed by atoms with van der Waals surface area (Å²) >= 11 is 0. The summed E-state index contributed by atoms with van der Waals surface area (Å²) in [7, 11) is 1.63. The number of hydrogen-bond acceptors (Lipinski definition) is 4. The van der Waals surface area contributed by atoms with Gasteiger partial charge in [0.2, 0.25) is 0 Å². The van der Waals surface area contributed by atoms with E-state index in [0.717, 1.165) is 12.0 Å². The van der Waals surface area contributed by atoms with E-state index in [1.165, 1.54) is 6.20 Å². The molecule has 2 N–H and O–H groups in total. The van der Waals surface area contributed by atoms with Gasteiger partial charge in [-0.1, -0.05) is 30.3 Å². The molecule has 0 heterocycles. The van der Waals surface area contributed by atoms with Crippen LogP contribution in [0.5, 0.6) is 0 Å². The first kappa shape index (κ1) is 16.7. The Bertz CT molecular complexity index is 506. The Balaban J connectivity index is 2.51. The third-order valence-corrected chi connectivity index (χ3v) is 2.93. The zero-order valence-corrected chi connectivity index (χ0v) is 12.4. The fraction of sp³-hybridized carbons (Fsp3) is 0.375. The van der Waals surface area contributed by atoms with Crippen molar-refractivity contribution in [1.82, 2.24) is 10.6 Å². The highest BCUT2D eigenvalue weighted by atomic mass is 16.5. The number of nitrogens with zero attached hydrogens (tertiary/aromatic N) is 1. The molecule has 1 amide bonds. The van der Waals surface area contributed by atoms with Crippen molar-refractivity contribution >= 4 is 5.91 Å². The van der Waals surface area contributed by atoms with Crippen LogP contribution in [0.3, 0.4) is 0 Å². The molecule has 0 radical (unpaired) electrons. The molecule has 1 rings (SSSR count). The normalized spacial score (nSPS) is 12.3. The first-order valence-electron chi connectivity index (χ1n) is 6.87. The second kappa shape index (κ2) is 9.56. The predicted octanol–water partition coefficient (Wildman–Crippen LogP) is 1.90. The van der Waals surface area contributed by atoms with E-state index in [0.29, 0.717) is 13.2 Å². The Hall–Kier alpha value is -2.32. The summed E-state index contributed by atoms with van der Waals surface area (Å²) in [6, 6.07) is 11.4. The molecular formula is C16H21N3O2. The smallest absolute Gasteiger partial charge is 0.263 e. The fourth-order valence-corrected chi connectivity index (χ4v) is 1.74. The van der Waals surface area contributed by atoms with Gasteiger partial charge < -0.3 is 15.4 Å². The van der Waals surface area contributed by atoms with Crippen LogP contribution in [0.15, 0.2) is 42.1 Å². The lowest BCUT2D eigenvalue weighted by Crippen LogP contribution is -2.28. The summed E-state index contributed by atoms with van der Waals surface area (Å²) < 4.78 is 4.92. The SMILES string of the molecule is COCCCN/C=C(/C#N)C(=O)NC(C)c1ccccc1. The number of ether oxygens (including phenoxy) is 1. The van der Waals surface area contributed by atoms with E-state index in [4.69, 9.17) is 10.00 Å². The maximum Gasteiger partial charge on any atom is 0.263 e. The van der Waals surface area contributed by atoms with Gasteiger partial charge >= 0.3 is 0 Å². The number of rotatable bonds is 8. The van der Waals surface area contributed by atoms with Gasteiger partial charge in [-0.2, -0.15) is 5.26 Å². The quantitative estimate of drug-likeness (QED) is 0.435. The molecular weight excluding hydrogens is 266 g/mol. The average Bonchev–Trinajstić information content (AvgIpc) is 2.51. The van der Waals surface area contributed by atoms with Gasteiger partial charge in [-0.05, 0) is 18.9 Å². The van der Waals surface area contributed by atoms with Gasteiger partial charge in [-0.3, -0.25) is 4.79 Å². The molecule has 5 heteroatoms. The Morgan fingerprint density at radius 1 is 1.43 bits per heavy atom. The van der Waals surface area contributed by atoms with Gasteiger partial charge in [0, 0.05) is 26.5 Å². The Morgan fingerprint density at radius 2 is 2.14 bits per heavy atom. The molecule has 0 saturated heterocycles. The molecule has 1 unspecified atom stereocenters. The molecule has 0 spiro atoms. The van der Waals surface area contributed by atoms with Gasteiger partial charge in [0.25, 0.3) is 5.91 Å². The molecule has 112 valence electrons. The maximum absolute atomic E-state index is 12.0. The van der Waals surface area contributed by atoms with Crippen LogP contribution in [0.1, 0.15) is 24.9 Å². The first-order chi connectivity index (χ1) is 10.2. The molecule has 0 aliphatic heterocycles. The van der Waals surface area contributed by atoms with Crippen molar-refractivity contribution < 1.29 is 9.53 Å². The highest BCUT2D eigenvalue weighted by molar-refractivity contribution is 5.97. The molecule has 0 saturated carbocycles. The summed E-state index contributed by atoms with van der Waals surface area (Å²) in [6.07, 6.45) is 2.26. The Kier molecular flexibility index (Phi) is 7.62. The van der Waals surface area contributed by atoms with E-state index < -0.39 is 0 Å². The van der Waals surface area contributed by atoms with E-state index >= 15 is 0 Å². The standard InChI is InChI=1S/C16H21N3O2/c1-13(14-7-4-3-5-8-14)19-16(20)15(11-17)12-18-9-6-10-21-2/h3-5,7-8,12-13,18H,6,9-10H2,1-2H3,(H,19,20)/b15-12-. The molecule has 5 nitrogen and oxygen atoms in total. The lowest BCUT2D eigenvalue weighted by atomic mass is 10.1. The van der Waals surface area contributed by atoms with Crippen molar-refractivity contribution in [3.05, 3.63) is 47.7 Å². The highest BCUT2D eigenvalue weighted by Gasteiger charge is 2.13. The van der Waals surface area contributed by atoms with Crippen molar-refractivity contribution in [1.29, 1.82) is 5.26 Å². The van der Waals surface area contributed by atoms with Crippen LogP contribution in [0, 0.1) is 11.3 Å². The number of benzene rings is 1. The van der Waals surface area contributed by atoms with Crippen LogP contribution >= 0.6 is 0 Å². The molecule has 1 aromatic rings. The van der Waals surface area contributed by atoms with Crippen molar-refractivity contribution in [2.75, 3.05) is 20.3 Å². The van der Waals surface area contributed by atoms with Gasteiger partial charge in [0.05, 0.1) is 6.04 Å². The van der Waals surface area contributed by atoms with Crippen molar-refractivity contribution in [3.8, 4) is 6.07 Å². The highest BCUT2D eigenvalue weighted by Crippen LogP contribution is 2.11. The molecule has 1 aromatic carbocycles. The average molecular weight is 287 g/mol. The zero-order chi connectivity index (χ0) is 15.5. The number of nitriles is 1. The first-order valence-corrected chi connectivity index (χ1v) is 6.87. The van der Waals surface area contributed by atoms with Crippen LogP contribution in [-0.4, -0.2) is 26.2 Å². The minimum Gasteiger partial charge on any atom is -0.390 e. The zero-order valence-electron chi connectivity index (χ0n) is 12.4. The third-order valence-electron chi connectivity index (χ3n) is 2.93. The summed E-state index contributed by atoms with van der Waals surface area (Å²) in [5.74, 6) is -0.381. The van der Waals surface area contributed by atoms with Crippen LogP contribution in [0.4, 0.5) is 0 Å². The Labute approximate surface area is 125 Å². The van der Waals surface area contributed by atoms with Crippen molar-refractivity contribution in [2.45, 2.75) is 19.4 Å². The van der Waals surface area contributed by atoms with E-state index in [-0.39, 0.29) is 17.5 Å². The van der Waals surface area contributed by atoms with Gasteiger partial charge in [-0.25, -0.2) is 0 Å². The fourth-order valence-electron chi connectivity index (χ4n) is 1.74. The summed E-state index contributed by atoms with van der Waals surface area (Å²) in [5, 5.41) is 14.8. The number of methoxy groups -OCH3 is 1. The molecule has 0 aliphatic carbocycles. The van der Waals surface area contributed by atoms with Crippen LogP contribution in [0.2, 0.25) is 0 Å². The maximum atomic E-state index is 12.0. The van der Waals surface area contributed by atoms with E-state index in [2.05, 4.69) is 10.6 Å². The topological polar surface area (TPSA) is 74.1 Å². The molecule has 0 aliphatic rings. The minimum absolute atomic E-state index is 0.0650. The Morgan fingerprint density at radius 3 is 2.76 bits per heavy atom. The van der Waals surface area contributed by atoms with E-state index in [1.807, 2.05) is 43.3 Å². The van der Waals surface area contributed by atoms with E-state index in [9.17, 15) is 4.79 Å². The summed E-state index contributed by atoms with van der Waals surface area (Å²) in [6.45, 7) is 3.18. The molecule has 0 fully saturated rings. The molecule has 0 aromatic heterocycles. The lowest BCUT2D eigenvalue weighted by molar-refractivity contribution is -0.117. The minimum atomic E-state index is -0.381. The number of amides is 1. The van der Waals surface area contributed by atoms with Gasteiger partial charge in [0.1, 0.15) is 11.6 Å². The van der Waals surface area contributed by atoms with E-state index in [1.54, 1.807) is 7.11 Å². The second-order valence-electron chi connectivity index (χ2n) is 4.58. The second-order valence-corrected chi connectivity index (χ2v) is 4.58. The van der Waals surface area contributed by atoms with Gasteiger partial charge in [-0.15, -0.1) is 0 Å². The largest absolute Gasteiger partial charge is 0.390 e. The van der Waals surface area contributed by atoms with Gasteiger partial charge in [0.15, 0.2) is 0 Å². The third kappa shape index (κ3) is 6.11. The summed E-state index contributed by atoms with van der Waals surface area (Å²) in [5.41, 5.74) is 1.06. The lowest BCUT2D eigenvalue weighted by Gasteiger charge is -2.13. The number of carbonyl (C=O) groups excluding carboxylic acids is 1. The van der Waals surface area contributed by atoms with Crippen molar-refractivity contribution in [3.63, 3.8) is 0 Å². The predicted molar refractivity (Wildman–Crippen MR) is 81.2 cm³/mol. The molecule has 0 bridgehead atoms. The van der Waals surface area contributed by atoms with Crippen LogP contribution < -0.4 is 10.6 Å². The molecule has 21 heavy (non-hydrogen) atoms. The van der Waals surface area contributed by atoms with Crippen molar-refractivity contribution in [2.24, 2.45) is 0 Å². The van der Waals surface area contributed by atoms with Crippen LogP contribution in [0.25, 0.3) is 0 Å². The monoisotopic (exact) mass is 287 g/mol. The number of nitrogens with one attached hydrogen (secondary N) is 2. The molecule has 1 atom stereocenters. The van der Waals surface area contributed by atoms with Crippen LogP contribution in [-0.2, 0) is 9.53 Å². The summed E-state index contributed by atoms with van der Waals surface area (Å²) in [4.78, 5) is 12.0. The number of hydrogen-bond donors (Lipinski definition) is 2. The number of carbonyl (C=O) groups is 1.